The molecule has 2 heteroatoms. The zero-order valence-corrected chi connectivity index (χ0v) is 5.26. The monoisotopic (exact) mass is 115 g/mol. The summed E-state index contributed by atoms with van der Waals surface area (Å²) in [7, 11) is 0. The normalized spacial score (nSPS) is 38.2. The highest BCUT2D eigenvalue weighted by molar-refractivity contribution is 4.77. The minimum atomic E-state index is 0.306. The van der Waals surface area contributed by atoms with E-state index in [0.717, 1.165) is 19.4 Å². The van der Waals surface area contributed by atoms with E-state index in [1.165, 1.54) is 0 Å². The molecule has 0 aromatic carbocycles. The van der Waals surface area contributed by atoms with Crippen molar-refractivity contribution in [3.8, 4) is 0 Å². The third-order valence-electron chi connectivity index (χ3n) is 1.66. The molecule has 2 N–H and O–H groups in total. The second-order valence-electron chi connectivity index (χ2n) is 2.27. The maximum absolute atomic E-state index is 5.66. The molecule has 8 heavy (non-hydrogen) atoms. The van der Waals surface area contributed by atoms with Gasteiger partial charge >= 0.3 is 0 Å². The Kier molecular flexibility index (Phi) is 1.86. The summed E-state index contributed by atoms with van der Waals surface area (Å²) in [5.41, 5.74) is 5.66. The summed E-state index contributed by atoms with van der Waals surface area (Å²) in [4.78, 5) is 0. The van der Waals surface area contributed by atoms with E-state index in [1.54, 1.807) is 0 Å². The van der Waals surface area contributed by atoms with Crippen molar-refractivity contribution in [1.82, 2.24) is 0 Å². The van der Waals surface area contributed by atoms with E-state index >= 15 is 0 Å². The average molecular weight is 115 g/mol. The second-order valence-corrected chi connectivity index (χ2v) is 2.27. The Morgan fingerprint density at radius 3 is 2.75 bits per heavy atom. The summed E-state index contributed by atoms with van der Waals surface area (Å²) >= 11 is 0. The Morgan fingerprint density at radius 2 is 2.50 bits per heavy atom. The molecule has 48 valence electrons. The third-order valence-corrected chi connectivity index (χ3v) is 1.66. The van der Waals surface area contributed by atoms with Crippen LogP contribution in [0.1, 0.15) is 19.8 Å². The van der Waals surface area contributed by atoms with E-state index in [2.05, 4.69) is 6.92 Å². The van der Waals surface area contributed by atoms with Gasteiger partial charge in [0.15, 0.2) is 0 Å². The maximum Gasteiger partial charge on any atom is 0.0724 e. The van der Waals surface area contributed by atoms with Gasteiger partial charge in [-0.25, -0.2) is 0 Å². The lowest BCUT2D eigenvalue weighted by Crippen LogP contribution is -2.29. The molecule has 0 radical (unpaired) electrons. The molecule has 0 unspecified atom stereocenters. The molecular weight excluding hydrogens is 102 g/mol. The van der Waals surface area contributed by atoms with E-state index in [0.29, 0.717) is 12.1 Å². The molecule has 0 aliphatic carbocycles. The van der Waals surface area contributed by atoms with Gasteiger partial charge in [-0.2, -0.15) is 0 Å². The van der Waals surface area contributed by atoms with E-state index in [1.807, 2.05) is 0 Å². The Bertz CT molecular complexity index is 74.9. The largest absolute Gasteiger partial charge is 0.377 e. The Balaban J connectivity index is 2.30. The first kappa shape index (κ1) is 6.05. The van der Waals surface area contributed by atoms with Crippen LogP contribution in [0.5, 0.6) is 0 Å². The van der Waals surface area contributed by atoms with Crippen LogP contribution in [0, 0.1) is 0 Å². The van der Waals surface area contributed by atoms with E-state index in [4.69, 9.17) is 10.5 Å². The van der Waals surface area contributed by atoms with Crippen LogP contribution in [-0.4, -0.2) is 18.8 Å². The van der Waals surface area contributed by atoms with Gasteiger partial charge in [0.05, 0.1) is 6.10 Å². The van der Waals surface area contributed by atoms with Gasteiger partial charge in [0.2, 0.25) is 0 Å². The average Bonchev–Trinajstić information content (AvgIpc) is 2.14. The van der Waals surface area contributed by atoms with Crippen molar-refractivity contribution in [3.05, 3.63) is 0 Å². The fourth-order valence-corrected chi connectivity index (χ4v) is 1.09. The van der Waals surface area contributed by atoms with Gasteiger partial charge in [-0.05, 0) is 12.8 Å². The van der Waals surface area contributed by atoms with Gasteiger partial charge in [0, 0.05) is 12.6 Å². The third kappa shape index (κ3) is 1.01. The SMILES string of the molecule is CC[C@H]1OCC[C@H]1N. The van der Waals surface area contributed by atoms with Crippen molar-refractivity contribution >= 4 is 0 Å². The van der Waals surface area contributed by atoms with Crippen molar-refractivity contribution < 1.29 is 4.74 Å². The van der Waals surface area contributed by atoms with Crippen LogP contribution in [0.2, 0.25) is 0 Å². The number of hydrogen-bond acceptors (Lipinski definition) is 2. The quantitative estimate of drug-likeness (QED) is 0.540. The molecule has 1 rings (SSSR count). The van der Waals surface area contributed by atoms with Gasteiger partial charge in [0.1, 0.15) is 0 Å². The van der Waals surface area contributed by atoms with E-state index < -0.39 is 0 Å². The smallest absolute Gasteiger partial charge is 0.0724 e. The molecule has 0 spiro atoms. The van der Waals surface area contributed by atoms with Gasteiger partial charge in [-0.3, -0.25) is 0 Å². The van der Waals surface area contributed by atoms with E-state index in [-0.39, 0.29) is 0 Å². The molecule has 0 bridgehead atoms. The zero-order chi connectivity index (χ0) is 5.98. The van der Waals surface area contributed by atoms with Crippen molar-refractivity contribution in [3.63, 3.8) is 0 Å². The molecule has 0 saturated carbocycles. The highest BCUT2D eigenvalue weighted by Crippen LogP contribution is 2.13. The van der Waals surface area contributed by atoms with Crippen LogP contribution >= 0.6 is 0 Å². The first-order chi connectivity index (χ1) is 3.84. The summed E-state index contributed by atoms with van der Waals surface area (Å²) in [6.45, 7) is 2.97. The van der Waals surface area contributed by atoms with Crippen molar-refractivity contribution in [2.75, 3.05) is 6.61 Å². The highest BCUT2D eigenvalue weighted by Gasteiger charge is 2.21. The molecule has 1 saturated heterocycles. The summed E-state index contributed by atoms with van der Waals surface area (Å²) in [5.74, 6) is 0. The number of nitrogens with two attached hydrogens (primary N) is 1. The molecule has 2 nitrogen and oxygen atoms in total. The van der Waals surface area contributed by atoms with Crippen molar-refractivity contribution in [2.24, 2.45) is 5.73 Å². The molecule has 0 aromatic heterocycles. The Morgan fingerprint density at radius 1 is 1.75 bits per heavy atom. The predicted molar refractivity (Wildman–Crippen MR) is 32.6 cm³/mol. The number of ether oxygens (including phenoxy) is 1. The zero-order valence-electron chi connectivity index (χ0n) is 5.26. The summed E-state index contributed by atoms with van der Waals surface area (Å²) in [6.07, 6.45) is 2.44. The Hall–Kier alpha value is -0.0800. The van der Waals surface area contributed by atoms with Crippen LogP contribution in [-0.2, 0) is 4.74 Å². The van der Waals surface area contributed by atoms with Crippen LogP contribution in [0.3, 0.4) is 0 Å². The van der Waals surface area contributed by atoms with Gasteiger partial charge in [0.25, 0.3) is 0 Å². The fraction of sp³-hybridized carbons (Fsp3) is 1.00. The molecule has 1 heterocycles. The molecular formula is C6H13NO. The van der Waals surface area contributed by atoms with Gasteiger partial charge in [-0.15, -0.1) is 0 Å². The first-order valence-electron chi connectivity index (χ1n) is 3.21. The molecule has 0 aromatic rings. The van der Waals surface area contributed by atoms with Crippen LogP contribution in [0.15, 0.2) is 0 Å². The van der Waals surface area contributed by atoms with Crippen molar-refractivity contribution in [2.45, 2.75) is 31.9 Å². The first-order valence-corrected chi connectivity index (χ1v) is 3.21. The second kappa shape index (κ2) is 2.46. The lowest BCUT2D eigenvalue weighted by atomic mass is 10.1. The van der Waals surface area contributed by atoms with Crippen LogP contribution in [0.25, 0.3) is 0 Å². The lowest BCUT2D eigenvalue weighted by molar-refractivity contribution is 0.101. The Labute approximate surface area is 50.0 Å². The fourth-order valence-electron chi connectivity index (χ4n) is 1.09. The summed E-state index contributed by atoms with van der Waals surface area (Å²) < 4.78 is 5.29. The van der Waals surface area contributed by atoms with E-state index in [9.17, 15) is 0 Å². The molecule has 1 aliphatic rings. The minimum Gasteiger partial charge on any atom is -0.377 e. The maximum atomic E-state index is 5.66. The highest BCUT2D eigenvalue weighted by atomic mass is 16.5. The molecule has 1 aliphatic heterocycles. The van der Waals surface area contributed by atoms with Gasteiger partial charge < -0.3 is 10.5 Å². The topological polar surface area (TPSA) is 35.2 Å². The number of rotatable bonds is 1. The van der Waals surface area contributed by atoms with Gasteiger partial charge in [-0.1, -0.05) is 6.92 Å². The predicted octanol–water partition coefficient (Wildman–Crippen LogP) is 0.513. The summed E-state index contributed by atoms with van der Waals surface area (Å²) in [6, 6.07) is 0.306. The van der Waals surface area contributed by atoms with Crippen molar-refractivity contribution in [1.29, 1.82) is 0 Å². The lowest BCUT2D eigenvalue weighted by Gasteiger charge is -2.09. The summed E-state index contributed by atoms with van der Waals surface area (Å²) in [5, 5.41) is 0. The van der Waals surface area contributed by atoms with Crippen LogP contribution < -0.4 is 5.73 Å². The van der Waals surface area contributed by atoms with Crippen LogP contribution in [0.4, 0.5) is 0 Å². The molecule has 1 fully saturated rings. The minimum absolute atomic E-state index is 0.306. The number of hydrogen-bond donors (Lipinski definition) is 1. The molecule has 0 amide bonds. The standard InChI is InChI=1S/C6H13NO/c1-2-6-5(7)3-4-8-6/h5-6H,2-4,7H2,1H3/t5-,6-/m1/s1. The molecule has 2 atom stereocenters.